The molecule has 0 unspecified atom stereocenters. The molecule has 24 heavy (non-hydrogen) atoms. The van der Waals surface area contributed by atoms with Crippen molar-refractivity contribution in [3.8, 4) is 6.07 Å². The van der Waals surface area contributed by atoms with Gasteiger partial charge >= 0.3 is 0 Å². The fourth-order valence-corrected chi connectivity index (χ4v) is 5.06. The van der Waals surface area contributed by atoms with Gasteiger partial charge in [0.05, 0.1) is 21.5 Å². The zero-order valence-corrected chi connectivity index (χ0v) is 14.1. The van der Waals surface area contributed by atoms with Crippen molar-refractivity contribution in [1.82, 2.24) is 14.7 Å². The fourth-order valence-electron chi connectivity index (χ4n) is 3.82. The van der Waals surface area contributed by atoms with Crippen molar-refractivity contribution in [3.63, 3.8) is 0 Å². The number of imidazole rings is 1. The summed E-state index contributed by atoms with van der Waals surface area (Å²) in [5.74, 6) is 2.28. The van der Waals surface area contributed by atoms with Gasteiger partial charge in [-0.1, -0.05) is 12.1 Å². The number of thioether (sulfide) groups is 1. The summed E-state index contributed by atoms with van der Waals surface area (Å²) in [7, 11) is 0. The highest BCUT2D eigenvalue weighted by atomic mass is 32.2. The van der Waals surface area contributed by atoms with Crippen molar-refractivity contribution in [3.05, 3.63) is 35.4 Å². The van der Waals surface area contributed by atoms with Gasteiger partial charge in [-0.05, 0) is 24.1 Å². The molecule has 1 fully saturated rings. The van der Waals surface area contributed by atoms with Crippen molar-refractivity contribution in [2.24, 2.45) is 0 Å². The van der Waals surface area contributed by atoms with Crippen LogP contribution in [0.15, 0.2) is 29.2 Å². The molecule has 0 amide bonds. The topological polar surface area (TPSA) is 56.4 Å². The first-order chi connectivity index (χ1) is 11.9. The Kier molecular flexibility index (Phi) is 3.18. The molecule has 5 rings (SSSR count). The molecule has 6 heteroatoms. The third-order valence-electron chi connectivity index (χ3n) is 4.90. The average Bonchev–Trinajstić information content (AvgIpc) is 3.25. The van der Waals surface area contributed by atoms with Crippen LogP contribution in [0.2, 0.25) is 0 Å². The third kappa shape index (κ3) is 1.89. The lowest BCUT2D eigenvalue weighted by Gasteiger charge is -2.31. The van der Waals surface area contributed by atoms with Gasteiger partial charge in [-0.15, -0.1) is 11.8 Å². The number of nitrogens with zero attached hydrogens (tertiary/aromatic N) is 4. The van der Waals surface area contributed by atoms with E-state index in [-0.39, 0.29) is 0 Å². The van der Waals surface area contributed by atoms with Gasteiger partial charge in [-0.2, -0.15) is 5.26 Å². The summed E-state index contributed by atoms with van der Waals surface area (Å²) in [5, 5.41) is 13.2. The minimum Gasteiger partial charge on any atom is -0.354 e. The number of benzene rings is 1. The molecule has 0 atom stereocenters. The highest BCUT2D eigenvalue weighted by Crippen LogP contribution is 2.43. The number of fused-ring (bicyclic) bond motifs is 4. The molecule has 1 saturated heterocycles. The number of pyridine rings is 1. The van der Waals surface area contributed by atoms with Crippen molar-refractivity contribution in [1.29, 1.82) is 5.26 Å². The summed E-state index contributed by atoms with van der Waals surface area (Å²) < 4.78 is 2.22. The van der Waals surface area contributed by atoms with E-state index in [9.17, 15) is 5.26 Å². The van der Waals surface area contributed by atoms with Gasteiger partial charge in [0.2, 0.25) is 0 Å². The van der Waals surface area contributed by atoms with E-state index in [1.807, 2.05) is 30.0 Å². The maximum Gasteiger partial charge on any atom is 0.157 e. The molecule has 1 aromatic carbocycles. The van der Waals surface area contributed by atoms with Gasteiger partial charge in [0.25, 0.3) is 0 Å². The number of rotatable bonds is 1. The summed E-state index contributed by atoms with van der Waals surface area (Å²) in [5.41, 5.74) is 4.81. The number of piperazine rings is 1. The number of hydrogen-bond donors (Lipinski definition) is 1. The lowest BCUT2D eigenvalue weighted by Crippen LogP contribution is -2.44. The minimum atomic E-state index is 0.755. The van der Waals surface area contributed by atoms with E-state index in [0.29, 0.717) is 0 Å². The maximum atomic E-state index is 9.79. The molecule has 120 valence electrons. The summed E-state index contributed by atoms with van der Waals surface area (Å²) in [6.07, 6.45) is 0.960. The van der Waals surface area contributed by atoms with E-state index in [2.05, 4.69) is 26.8 Å². The van der Waals surface area contributed by atoms with Crippen LogP contribution in [0, 0.1) is 11.3 Å². The van der Waals surface area contributed by atoms with E-state index in [1.54, 1.807) is 0 Å². The third-order valence-corrected chi connectivity index (χ3v) is 6.03. The smallest absolute Gasteiger partial charge is 0.157 e. The van der Waals surface area contributed by atoms with Crippen molar-refractivity contribution >= 4 is 34.3 Å². The Balaban J connectivity index is 1.93. The lowest BCUT2D eigenvalue weighted by molar-refractivity contribution is 0.580. The first-order valence-electron chi connectivity index (χ1n) is 8.33. The van der Waals surface area contributed by atoms with E-state index < -0.39 is 0 Å². The maximum absolute atomic E-state index is 9.79. The quantitative estimate of drug-likeness (QED) is 0.740. The fraction of sp³-hybridized carbons (Fsp3) is 0.333. The molecule has 0 bridgehead atoms. The van der Waals surface area contributed by atoms with Gasteiger partial charge in [0.1, 0.15) is 11.9 Å². The molecule has 0 spiro atoms. The van der Waals surface area contributed by atoms with E-state index in [4.69, 9.17) is 4.98 Å². The molecular formula is C18H17N5S. The zero-order valence-electron chi connectivity index (χ0n) is 13.2. The van der Waals surface area contributed by atoms with Crippen molar-refractivity contribution < 1.29 is 0 Å². The van der Waals surface area contributed by atoms with Crippen LogP contribution in [0.4, 0.5) is 5.82 Å². The number of nitrogens with one attached hydrogen (secondary N) is 1. The monoisotopic (exact) mass is 335 g/mol. The van der Waals surface area contributed by atoms with Crippen LogP contribution in [-0.2, 0) is 6.42 Å². The molecule has 5 nitrogen and oxygen atoms in total. The molecule has 0 radical (unpaired) electrons. The summed E-state index contributed by atoms with van der Waals surface area (Å²) in [4.78, 5) is 8.54. The second-order valence-electron chi connectivity index (χ2n) is 6.21. The van der Waals surface area contributed by atoms with Gasteiger partial charge in [-0.25, -0.2) is 4.98 Å². The Morgan fingerprint density at radius 1 is 1.21 bits per heavy atom. The standard InChI is InChI=1S/C18H17N5S/c19-11-13-12-5-10-24-16(12)18(22-8-6-20-7-9-22)23-15-4-2-1-3-14(15)21-17(13)23/h1-4,20H,5-10H2. The predicted octanol–water partition coefficient (Wildman–Crippen LogP) is 2.42. The minimum absolute atomic E-state index is 0.755. The largest absolute Gasteiger partial charge is 0.354 e. The summed E-state index contributed by atoms with van der Waals surface area (Å²) >= 11 is 1.88. The molecule has 1 N–H and O–H groups in total. The van der Waals surface area contributed by atoms with Gasteiger partial charge < -0.3 is 10.2 Å². The van der Waals surface area contributed by atoms with Crippen LogP contribution in [0.25, 0.3) is 16.7 Å². The number of para-hydroxylation sites is 2. The van der Waals surface area contributed by atoms with E-state index >= 15 is 0 Å². The van der Waals surface area contributed by atoms with Crippen LogP contribution < -0.4 is 10.2 Å². The summed E-state index contributed by atoms with van der Waals surface area (Å²) in [6, 6.07) is 10.6. The molecule has 2 aliphatic rings. The van der Waals surface area contributed by atoms with Crippen LogP contribution in [0.5, 0.6) is 0 Å². The van der Waals surface area contributed by atoms with Crippen LogP contribution in [0.1, 0.15) is 11.1 Å². The molecular weight excluding hydrogens is 318 g/mol. The Morgan fingerprint density at radius 2 is 2.04 bits per heavy atom. The second-order valence-corrected chi connectivity index (χ2v) is 7.32. The van der Waals surface area contributed by atoms with Gasteiger partial charge in [0.15, 0.2) is 5.65 Å². The number of nitriles is 1. The molecule has 3 aromatic rings. The average molecular weight is 335 g/mol. The first kappa shape index (κ1) is 14.1. The Hall–Kier alpha value is -2.23. The van der Waals surface area contributed by atoms with Gasteiger partial charge in [-0.3, -0.25) is 4.40 Å². The van der Waals surface area contributed by atoms with Crippen LogP contribution >= 0.6 is 11.8 Å². The van der Waals surface area contributed by atoms with E-state index in [1.165, 1.54) is 16.3 Å². The molecule has 2 aliphatic heterocycles. The first-order valence-corrected chi connectivity index (χ1v) is 9.31. The SMILES string of the molecule is N#Cc1c2c(c(N3CCNCC3)n3c1nc1ccccc13)SCC2. The normalized spacial score (nSPS) is 17.4. The molecule has 0 aliphatic carbocycles. The van der Waals surface area contributed by atoms with Crippen LogP contribution in [0.3, 0.4) is 0 Å². The Morgan fingerprint density at radius 3 is 2.88 bits per heavy atom. The van der Waals surface area contributed by atoms with Crippen molar-refractivity contribution in [2.45, 2.75) is 11.3 Å². The Labute approximate surface area is 144 Å². The highest BCUT2D eigenvalue weighted by Gasteiger charge is 2.29. The molecule has 2 aromatic heterocycles. The van der Waals surface area contributed by atoms with Crippen molar-refractivity contribution in [2.75, 3.05) is 36.8 Å². The Bertz CT molecular complexity index is 994. The number of aromatic nitrogens is 2. The zero-order chi connectivity index (χ0) is 16.1. The number of anilines is 1. The lowest BCUT2D eigenvalue weighted by atomic mass is 10.1. The number of hydrogen-bond acceptors (Lipinski definition) is 5. The predicted molar refractivity (Wildman–Crippen MR) is 96.9 cm³/mol. The highest BCUT2D eigenvalue weighted by molar-refractivity contribution is 7.99. The molecule has 0 saturated carbocycles. The van der Waals surface area contributed by atoms with Gasteiger partial charge in [0, 0.05) is 31.9 Å². The summed E-state index contributed by atoms with van der Waals surface area (Å²) in [6.45, 7) is 3.96. The second kappa shape index (κ2) is 5.40. The van der Waals surface area contributed by atoms with Crippen LogP contribution in [-0.4, -0.2) is 41.3 Å². The molecule has 4 heterocycles. The van der Waals surface area contributed by atoms with E-state index in [0.717, 1.165) is 60.6 Å².